The first-order chi connectivity index (χ1) is 11.3. The maximum atomic E-state index is 13.9. The quantitative estimate of drug-likeness (QED) is 0.821. The van der Waals surface area contributed by atoms with Crippen LogP contribution >= 0.6 is 0 Å². The summed E-state index contributed by atoms with van der Waals surface area (Å²) < 4.78 is 19.2. The SMILES string of the molecule is Fc1cnc(NCCCc2ccncc2)nc1N1CCOCC1. The van der Waals surface area contributed by atoms with E-state index in [1.54, 1.807) is 12.4 Å². The second kappa shape index (κ2) is 7.82. The Labute approximate surface area is 134 Å². The highest BCUT2D eigenvalue weighted by atomic mass is 19.1. The third-order valence-electron chi connectivity index (χ3n) is 3.71. The number of halogens is 1. The van der Waals surface area contributed by atoms with Crippen molar-refractivity contribution in [2.75, 3.05) is 43.1 Å². The number of aryl methyl sites for hydroxylation is 1. The topological polar surface area (TPSA) is 63.2 Å². The average molecular weight is 317 g/mol. The number of anilines is 2. The summed E-state index contributed by atoms with van der Waals surface area (Å²) in [5.74, 6) is 0.414. The maximum Gasteiger partial charge on any atom is 0.224 e. The second-order valence-corrected chi connectivity index (χ2v) is 5.35. The molecule has 0 amide bonds. The fourth-order valence-corrected chi connectivity index (χ4v) is 2.48. The molecule has 0 radical (unpaired) electrons. The number of morpholine rings is 1. The number of hydrogen-bond acceptors (Lipinski definition) is 6. The summed E-state index contributed by atoms with van der Waals surface area (Å²) in [5, 5.41) is 3.16. The second-order valence-electron chi connectivity index (χ2n) is 5.35. The Morgan fingerprint density at radius 1 is 1.22 bits per heavy atom. The van der Waals surface area contributed by atoms with Crippen molar-refractivity contribution in [3.63, 3.8) is 0 Å². The molecule has 2 aromatic rings. The fraction of sp³-hybridized carbons (Fsp3) is 0.438. The monoisotopic (exact) mass is 317 g/mol. The van der Waals surface area contributed by atoms with Crippen LogP contribution in [0.5, 0.6) is 0 Å². The van der Waals surface area contributed by atoms with E-state index < -0.39 is 5.82 Å². The molecule has 1 aliphatic heterocycles. The Bertz CT molecular complexity index is 619. The number of aromatic nitrogens is 3. The van der Waals surface area contributed by atoms with Gasteiger partial charge in [0.2, 0.25) is 5.95 Å². The molecule has 3 rings (SSSR count). The molecule has 1 aliphatic rings. The summed E-state index contributed by atoms with van der Waals surface area (Å²) in [6.45, 7) is 3.22. The summed E-state index contributed by atoms with van der Waals surface area (Å²) in [4.78, 5) is 14.2. The van der Waals surface area contributed by atoms with Gasteiger partial charge in [0.15, 0.2) is 11.6 Å². The lowest BCUT2D eigenvalue weighted by atomic mass is 10.1. The van der Waals surface area contributed by atoms with Crippen molar-refractivity contribution in [3.8, 4) is 0 Å². The third kappa shape index (κ3) is 4.35. The largest absolute Gasteiger partial charge is 0.378 e. The first kappa shape index (κ1) is 15.6. The molecule has 2 aromatic heterocycles. The van der Waals surface area contributed by atoms with Gasteiger partial charge in [-0.05, 0) is 30.5 Å². The van der Waals surface area contributed by atoms with Gasteiger partial charge in [-0.2, -0.15) is 4.98 Å². The molecular weight excluding hydrogens is 297 g/mol. The van der Waals surface area contributed by atoms with Gasteiger partial charge in [0, 0.05) is 32.0 Å². The van der Waals surface area contributed by atoms with Crippen LogP contribution in [0.4, 0.5) is 16.2 Å². The van der Waals surface area contributed by atoms with Crippen LogP contribution in [0.1, 0.15) is 12.0 Å². The number of pyridine rings is 1. The van der Waals surface area contributed by atoms with E-state index in [1.165, 1.54) is 11.8 Å². The smallest absolute Gasteiger partial charge is 0.224 e. The van der Waals surface area contributed by atoms with Gasteiger partial charge in [0.1, 0.15) is 0 Å². The van der Waals surface area contributed by atoms with Crippen LogP contribution in [-0.4, -0.2) is 47.8 Å². The Morgan fingerprint density at radius 2 is 2.00 bits per heavy atom. The molecule has 0 unspecified atom stereocenters. The van der Waals surface area contributed by atoms with Gasteiger partial charge in [0.05, 0.1) is 19.4 Å². The summed E-state index contributed by atoms with van der Waals surface area (Å²) >= 11 is 0. The van der Waals surface area contributed by atoms with Gasteiger partial charge in [-0.1, -0.05) is 0 Å². The molecule has 0 atom stereocenters. The van der Waals surface area contributed by atoms with Gasteiger partial charge in [-0.3, -0.25) is 4.98 Å². The van der Waals surface area contributed by atoms with E-state index in [0.29, 0.717) is 38.1 Å². The molecule has 23 heavy (non-hydrogen) atoms. The number of nitrogens with one attached hydrogen (secondary N) is 1. The minimum Gasteiger partial charge on any atom is -0.378 e. The zero-order valence-corrected chi connectivity index (χ0v) is 12.9. The number of rotatable bonds is 6. The summed E-state index contributed by atoms with van der Waals surface area (Å²) in [6, 6.07) is 4.01. The van der Waals surface area contributed by atoms with E-state index in [1.807, 2.05) is 17.0 Å². The van der Waals surface area contributed by atoms with E-state index in [9.17, 15) is 4.39 Å². The molecule has 3 heterocycles. The maximum absolute atomic E-state index is 13.9. The number of hydrogen-bond donors (Lipinski definition) is 1. The molecule has 0 spiro atoms. The first-order valence-corrected chi connectivity index (χ1v) is 7.81. The molecule has 1 fully saturated rings. The lowest BCUT2D eigenvalue weighted by Crippen LogP contribution is -2.37. The molecule has 1 N–H and O–H groups in total. The van der Waals surface area contributed by atoms with Gasteiger partial charge < -0.3 is 15.0 Å². The molecule has 0 bridgehead atoms. The van der Waals surface area contributed by atoms with Crippen LogP contribution in [0, 0.1) is 5.82 Å². The standard InChI is InChI=1S/C16H20FN5O/c17-14-12-20-16(21-15(14)22-8-10-23-11-9-22)19-5-1-2-13-3-6-18-7-4-13/h3-4,6-7,12H,1-2,5,8-11H2,(H,19,20,21). The molecule has 0 saturated carbocycles. The van der Waals surface area contributed by atoms with Gasteiger partial charge in [-0.25, -0.2) is 9.37 Å². The van der Waals surface area contributed by atoms with Crippen LogP contribution < -0.4 is 10.2 Å². The van der Waals surface area contributed by atoms with E-state index in [0.717, 1.165) is 19.4 Å². The van der Waals surface area contributed by atoms with Crippen LogP contribution in [0.15, 0.2) is 30.7 Å². The van der Waals surface area contributed by atoms with Gasteiger partial charge in [-0.15, -0.1) is 0 Å². The number of nitrogens with zero attached hydrogens (tertiary/aromatic N) is 4. The van der Waals surface area contributed by atoms with Crippen LogP contribution in [-0.2, 0) is 11.2 Å². The van der Waals surface area contributed by atoms with E-state index >= 15 is 0 Å². The molecule has 7 heteroatoms. The van der Waals surface area contributed by atoms with Gasteiger partial charge >= 0.3 is 0 Å². The zero-order chi connectivity index (χ0) is 15.9. The average Bonchev–Trinajstić information content (AvgIpc) is 2.62. The molecular formula is C16H20FN5O. The van der Waals surface area contributed by atoms with E-state index in [2.05, 4.69) is 20.3 Å². The lowest BCUT2D eigenvalue weighted by molar-refractivity contribution is 0.122. The highest BCUT2D eigenvalue weighted by Gasteiger charge is 2.17. The van der Waals surface area contributed by atoms with E-state index in [4.69, 9.17) is 4.74 Å². The predicted molar refractivity (Wildman–Crippen MR) is 86.1 cm³/mol. The summed E-state index contributed by atoms with van der Waals surface area (Å²) in [6.07, 6.45) is 6.70. The molecule has 0 aromatic carbocycles. The Hall–Kier alpha value is -2.28. The van der Waals surface area contributed by atoms with Crippen LogP contribution in [0.3, 0.4) is 0 Å². The number of ether oxygens (including phenoxy) is 1. The molecule has 1 saturated heterocycles. The van der Waals surface area contributed by atoms with Crippen LogP contribution in [0.25, 0.3) is 0 Å². The molecule has 0 aliphatic carbocycles. The molecule has 6 nitrogen and oxygen atoms in total. The summed E-state index contributed by atoms with van der Waals surface area (Å²) in [7, 11) is 0. The van der Waals surface area contributed by atoms with Gasteiger partial charge in [0.25, 0.3) is 0 Å². The lowest BCUT2D eigenvalue weighted by Gasteiger charge is -2.28. The Balaban J connectivity index is 1.53. The fourth-order valence-electron chi connectivity index (χ4n) is 2.48. The minimum atomic E-state index is -0.394. The third-order valence-corrected chi connectivity index (χ3v) is 3.71. The predicted octanol–water partition coefficient (Wildman–Crippen LogP) is 1.89. The first-order valence-electron chi connectivity index (χ1n) is 7.81. The Kier molecular flexibility index (Phi) is 5.31. The van der Waals surface area contributed by atoms with Crippen molar-refractivity contribution < 1.29 is 9.13 Å². The summed E-state index contributed by atoms with van der Waals surface area (Å²) in [5.41, 5.74) is 1.25. The Morgan fingerprint density at radius 3 is 2.78 bits per heavy atom. The highest BCUT2D eigenvalue weighted by Crippen LogP contribution is 2.18. The molecule has 122 valence electrons. The van der Waals surface area contributed by atoms with Crippen molar-refractivity contribution in [2.24, 2.45) is 0 Å². The van der Waals surface area contributed by atoms with Crippen molar-refractivity contribution in [1.82, 2.24) is 15.0 Å². The van der Waals surface area contributed by atoms with E-state index in [-0.39, 0.29) is 0 Å². The van der Waals surface area contributed by atoms with Crippen molar-refractivity contribution in [3.05, 3.63) is 42.1 Å². The zero-order valence-electron chi connectivity index (χ0n) is 12.9. The van der Waals surface area contributed by atoms with Crippen LogP contribution in [0.2, 0.25) is 0 Å². The van der Waals surface area contributed by atoms with Crippen molar-refractivity contribution >= 4 is 11.8 Å². The van der Waals surface area contributed by atoms with Crippen molar-refractivity contribution in [1.29, 1.82) is 0 Å². The minimum absolute atomic E-state index is 0.347. The van der Waals surface area contributed by atoms with Crippen molar-refractivity contribution in [2.45, 2.75) is 12.8 Å². The highest BCUT2D eigenvalue weighted by molar-refractivity contribution is 5.44. The normalized spacial score (nSPS) is 14.7.